The van der Waals surface area contributed by atoms with E-state index in [4.69, 9.17) is 5.41 Å². The number of carbonyl (C=O) groups excluding carboxylic acids is 2. The van der Waals surface area contributed by atoms with E-state index in [-0.39, 0.29) is 6.61 Å². The lowest BCUT2D eigenvalue weighted by Gasteiger charge is -2.01. The van der Waals surface area contributed by atoms with Gasteiger partial charge in [-0.05, 0) is 6.92 Å². The van der Waals surface area contributed by atoms with Gasteiger partial charge in [0.15, 0.2) is 0 Å². The second-order valence-electron chi connectivity index (χ2n) is 1.64. The molecule has 1 N–H and O–H groups in total. The van der Waals surface area contributed by atoms with Crippen LogP contribution in [0.1, 0.15) is 13.8 Å². The summed E-state index contributed by atoms with van der Waals surface area (Å²) in [7, 11) is 0. The van der Waals surface area contributed by atoms with Crippen molar-refractivity contribution >= 4 is 17.8 Å². The van der Waals surface area contributed by atoms with Crippen LogP contribution in [0.25, 0.3) is 0 Å². The molecule has 62 valence electrons. The number of nitrogens with one attached hydrogen (secondary N) is 1. The summed E-state index contributed by atoms with van der Waals surface area (Å²) >= 11 is 0. The molecule has 0 aromatic carbocycles. The van der Waals surface area contributed by atoms with Gasteiger partial charge in [0.05, 0.1) is 6.61 Å². The number of ether oxygens (including phenoxy) is 2. The van der Waals surface area contributed by atoms with Crippen LogP contribution in [-0.2, 0) is 19.1 Å². The number of carbonyl (C=O) groups is 2. The van der Waals surface area contributed by atoms with Gasteiger partial charge in [-0.2, -0.15) is 0 Å². The maximum absolute atomic E-state index is 10.6. The first-order chi connectivity index (χ1) is 5.07. The van der Waals surface area contributed by atoms with Crippen molar-refractivity contribution in [3.8, 4) is 0 Å². The standard InChI is InChI=1S/C6H9NO4/c1-3-10-5(7)6(9)11-4(2)8/h7H,3H2,1-2H3. The van der Waals surface area contributed by atoms with Crippen molar-refractivity contribution in [3.05, 3.63) is 0 Å². The summed E-state index contributed by atoms with van der Waals surface area (Å²) in [5.74, 6) is -2.46. The molecular weight excluding hydrogens is 150 g/mol. The van der Waals surface area contributed by atoms with Crippen LogP contribution in [0.3, 0.4) is 0 Å². The molecule has 0 unspecified atom stereocenters. The molecule has 0 radical (unpaired) electrons. The summed E-state index contributed by atoms with van der Waals surface area (Å²) < 4.78 is 8.50. The minimum atomic E-state index is -1.06. The lowest BCUT2D eigenvalue weighted by Crippen LogP contribution is -2.21. The normalized spacial score (nSPS) is 8.55. The Morgan fingerprint density at radius 2 is 2.00 bits per heavy atom. The molecule has 0 aliphatic carbocycles. The van der Waals surface area contributed by atoms with Crippen molar-refractivity contribution in [3.63, 3.8) is 0 Å². The summed E-state index contributed by atoms with van der Waals surface area (Å²) in [5, 5.41) is 6.84. The van der Waals surface area contributed by atoms with E-state index in [1.165, 1.54) is 0 Å². The monoisotopic (exact) mass is 159 g/mol. The lowest BCUT2D eigenvalue weighted by molar-refractivity contribution is -0.154. The van der Waals surface area contributed by atoms with Crippen molar-refractivity contribution in [1.82, 2.24) is 0 Å². The second kappa shape index (κ2) is 4.43. The summed E-state index contributed by atoms with van der Waals surface area (Å²) in [6.07, 6.45) is 0. The van der Waals surface area contributed by atoms with Crippen LogP contribution in [-0.4, -0.2) is 24.4 Å². The third-order valence-corrected chi connectivity index (χ3v) is 0.710. The van der Waals surface area contributed by atoms with Crippen molar-refractivity contribution in [2.75, 3.05) is 6.61 Å². The molecule has 0 saturated heterocycles. The molecule has 0 bridgehead atoms. The highest BCUT2D eigenvalue weighted by Gasteiger charge is 2.13. The predicted octanol–water partition coefficient (Wildman–Crippen LogP) is 0.0899. The lowest BCUT2D eigenvalue weighted by atomic mass is 10.6. The van der Waals surface area contributed by atoms with Gasteiger partial charge < -0.3 is 9.47 Å². The number of hydrogen-bond donors (Lipinski definition) is 1. The maximum Gasteiger partial charge on any atom is 0.401 e. The van der Waals surface area contributed by atoms with Crippen LogP contribution >= 0.6 is 0 Å². The topological polar surface area (TPSA) is 76.4 Å². The molecule has 0 atom stereocenters. The van der Waals surface area contributed by atoms with Crippen molar-refractivity contribution in [2.24, 2.45) is 0 Å². The van der Waals surface area contributed by atoms with Gasteiger partial charge in [0.1, 0.15) is 0 Å². The first kappa shape index (κ1) is 9.61. The van der Waals surface area contributed by atoms with Gasteiger partial charge in [-0.25, -0.2) is 4.79 Å². The Hall–Kier alpha value is -1.39. The zero-order valence-corrected chi connectivity index (χ0v) is 6.34. The molecule has 0 saturated carbocycles. The van der Waals surface area contributed by atoms with Gasteiger partial charge in [0.2, 0.25) is 0 Å². The molecule has 0 amide bonds. The summed E-state index contributed by atoms with van der Waals surface area (Å²) in [6.45, 7) is 2.90. The fraction of sp³-hybridized carbons (Fsp3) is 0.500. The first-order valence-electron chi connectivity index (χ1n) is 3.02. The summed E-state index contributed by atoms with van der Waals surface area (Å²) in [4.78, 5) is 20.7. The third-order valence-electron chi connectivity index (χ3n) is 0.710. The molecule has 0 aliphatic rings. The van der Waals surface area contributed by atoms with Gasteiger partial charge >= 0.3 is 11.9 Å². The minimum Gasteiger partial charge on any atom is -0.473 e. The molecule has 11 heavy (non-hydrogen) atoms. The van der Waals surface area contributed by atoms with Gasteiger partial charge in [0.25, 0.3) is 5.90 Å². The molecule has 0 aromatic rings. The van der Waals surface area contributed by atoms with E-state index < -0.39 is 17.8 Å². The van der Waals surface area contributed by atoms with Crippen molar-refractivity contribution < 1.29 is 19.1 Å². The van der Waals surface area contributed by atoms with Gasteiger partial charge in [0, 0.05) is 6.92 Å². The van der Waals surface area contributed by atoms with Gasteiger partial charge in [-0.3, -0.25) is 10.2 Å². The van der Waals surface area contributed by atoms with Crippen LogP contribution in [0.2, 0.25) is 0 Å². The minimum absolute atomic E-state index is 0.200. The van der Waals surface area contributed by atoms with E-state index in [9.17, 15) is 9.59 Å². The van der Waals surface area contributed by atoms with Crippen LogP contribution in [0.15, 0.2) is 0 Å². The molecule has 0 aromatic heterocycles. The molecular formula is C6H9NO4. The van der Waals surface area contributed by atoms with Crippen LogP contribution in [0, 0.1) is 5.41 Å². The van der Waals surface area contributed by atoms with E-state index in [1.54, 1.807) is 6.92 Å². The Balaban J connectivity index is 3.83. The molecule has 0 aliphatic heterocycles. The Morgan fingerprint density at radius 1 is 1.45 bits per heavy atom. The Bertz CT molecular complexity index is 187. The SMILES string of the molecule is CCOC(=N)C(=O)OC(C)=O. The fourth-order valence-electron chi connectivity index (χ4n) is 0.380. The second-order valence-corrected chi connectivity index (χ2v) is 1.64. The molecule has 0 fully saturated rings. The molecule has 5 heteroatoms. The highest BCUT2D eigenvalue weighted by atomic mass is 16.6. The molecule has 0 spiro atoms. The Kier molecular flexibility index (Phi) is 3.87. The maximum atomic E-state index is 10.6. The van der Waals surface area contributed by atoms with Crippen LogP contribution < -0.4 is 0 Å². The zero-order chi connectivity index (χ0) is 8.85. The molecule has 0 heterocycles. The smallest absolute Gasteiger partial charge is 0.401 e. The quantitative estimate of drug-likeness (QED) is 0.254. The van der Waals surface area contributed by atoms with Gasteiger partial charge in [-0.15, -0.1) is 0 Å². The highest BCUT2D eigenvalue weighted by Crippen LogP contribution is 1.85. The molecule has 5 nitrogen and oxygen atoms in total. The average Bonchev–Trinajstić information content (AvgIpc) is 1.86. The first-order valence-corrected chi connectivity index (χ1v) is 3.02. The van der Waals surface area contributed by atoms with E-state index in [0.29, 0.717) is 0 Å². The summed E-state index contributed by atoms with van der Waals surface area (Å²) in [6, 6.07) is 0. The summed E-state index contributed by atoms with van der Waals surface area (Å²) in [5.41, 5.74) is 0. The van der Waals surface area contributed by atoms with E-state index in [0.717, 1.165) is 6.92 Å². The average molecular weight is 159 g/mol. The number of esters is 2. The van der Waals surface area contributed by atoms with Gasteiger partial charge in [-0.1, -0.05) is 0 Å². The van der Waals surface area contributed by atoms with Crippen molar-refractivity contribution in [1.29, 1.82) is 5.41 Å². The van der Waals surface area contributed by atoms with Crippen LogP contribution in [0.5, 0.6) is 0 Å². The van der Waals surface area contributed by atoms with E-state index in [1.807, 2.05) is 0 Å². The number of rotatable bonds is 1. The zero-order valence-electron chi connectivity index (χ0n) is 6.34. The third kappa shape index (κ3) is 4.07. The Labute approximate surface area is 63.8 Å². The van der Waals surface area contributed by atoms with Crippen molar-refractivity contribution in [2.45, 2.75) is 13.8 Å². The van der Waals surface area contributed by atoms with E-state index >= 15 is 0 Å². The molecule has 0 rings (SSSR count). The fourth-order valence-corrected chi connectivity index (χ4v) is 0.380. The highest BCUT2D eigenvalue weighted by molar-refractivity contribution is 6.32. The number of hydrogen-bond acceptors (Lipinski definition) is 5. The largest absolute Gasteiger partial charge is 0.473 e. The van der Waals surface area contributed by atoms with E-state index in [2.05, 4.69) is 9.47 Å². The Morgan fingerprint density at radius 3 is 2.36 bits per heavy atom. The predicted molar refractivity (Wildman–Crippen MR) is 36.1 cm³/mol. The van der Waals surface area contributed by atoms with Crippen LogP contribution in [0.4, 0.5) is 0 Å².